The van der Waals surface area contributed by atoms with Crippen molar-refractivity contribution < 1.29 is 14.7 Å². The van der Waals surface area contributed by atoms with Gasteiger partial charge in [-0.3, -0.25) is 9.59 Å². The molecule has 19 heavy (non-hydrogen) atoms. The number of carbonyl (C=O) groups excluding carboxylic acids is 2. The summed E-state index contributed by atoms with van der Waals surface area (Å²) in [6.07, 6.45) is 5.20. The van der Waals surface area contributed by atoms with Crippen molar-refractivity contribution in [3.8, 4) is 5.75 Å². The summed E-state index contributed by atoms with van der Waals surface area (Å²) in [5.74, 6) is -1.18. The smallest absolute Gasteiger partial charge is 0.277 e. The third kappa shape index (κ3) is 3.01. The molecular weight excluding hydrogens is 246 g/mol. The van der Waals surface area contributed by atoms with Crippen molar-refractivity contribution in [1.29, 1.82) is 0 Å². The number of hydrogen-bond acceptors (Lipinski definition) is 4. The van der Waals surface area contributed by atoms with Crippen LogP contribution in [0.5, 0.6) is 5.75 Å². The Kier molecular flexibility index (Phi) is 3.99. The second-order valence-corrected chi connectivity index (χ2v) is 4.71. The second kappa shape index (κ2) is 5.69. The Morgan fingerprint density at radius 1 is 1.42 bits per heavy atom. The quantitative estimate of drug-likeness (QED) is 0.833. The molecule has 1 aromatic heterocycles. The first-order valence-corrected chi connectivity index (χ1v) is 6.33. The highest BCUT2D eigenvalue weighted by molar-refractivity contribution is 5.97. The van der Waals surface area contributed by atoms with E-state index in [-0.39, 0.29) is 24.0 Å². The van der Waals surface area contributed by atoms with Crippen molar-refractivity contribution >= 4 is 11.8 Å². The first-order valence-electron chi connectivity index (χ1n) is 6.33. The van der Waals surface area contributed by atoms with Crippen LogP contribution in [-0.4, -0.2) is 39.4 Å². The van der Waals surface area contributed by atoms with Crippen LogP contribution in [0.1, 0.15) is 36.2 Å². The Morgan fingerprint density at radius 2 is 2.11 bits per heavy atom. The number of aromatic nitrogens is 1. The van der Waals surface area contributed by atoms with Gasteiger partial charge in [0.2, 0.25) is 5.91 Å². The SMILES string of the molecule is NC(=O)CN(C(=O)c1ncccc1O)C1CCCC1. The summed E-state index contributed by atoms with van der Waals surface area (Å²) in [7, 11) is 0. The molecule has 2 rings (SSSR count). The van der Waals surface area contributed by atoms with Crippen LogP contribution in [0, 0.1) is 0 Å². The highest BCUT2D eigenvalue weighted by Crippen LogP contribution is 2.26. The molecule has 6 nitrogen and oxygen atoms in total. The predicted octanol–water partition coefficient (Wildman–Crippen LogP) is 0.657. The maximum atomic E-state index is 12.4. The van der Waals surface area contributed by atoms with Crippen molar-refractivity contribution in [3.05, 3.63) is 24.0 Å². The van der Waals surface area contributed by atoms with E-state index in [2.05, 4.69) is 4.98 Å². The standard InChI is InChI=1S/C13H17N3O3/c14-11(18)8-16(9-4-1-2-5-9)13(19)12-10(17)6-3-7-15-12/h3,6-7,9,17H,1-2,4-5,8H2,(H2,14,18). The highest BCUT2D eigenvalue weighted by Gasteiger charge is 2.30. The van der Waals surface area contributed by atoms with Crippen LogP contribution >= 0.6 is 0 Å². The minimum Gasteiger partial charge on any atom is -0.505 e. The van der Waals surface area contributed by atoms with Gasteiger partial charge in [0, 0.05) is 12.2 Å². The van der Waals surface area contributed by atoms with Gasteiger partial charge in [0.25, 0.3) is 5.91 Å². The van der Waals surface area contributed by atoms with E-state index in [1.54, 1.807) is 6.07 Å². The van der Waals surface area contributed by atoms with Gasteiger partial charge in [-0.25, -0.2) is 4.98 Å². The fraction of sp³-hybridized carbons (Fsp3) is 0.462. The molecule has 3 N–H and O–H groups in total. The number of hydrogen-bond donors (Lipinski definition) is 2. The third-order valence-electron chi connectivity index (χ3n) is 3.34. The number of primary amides is 1. The van der Waals surface area contributed by atoms with Crippen LogP contribution in [-0.2, 0) is 4.79 Å². The normalized spacial score (nSPS) is 15.4. The van der Waals surface area contributed by atoms with Crippen LogP contribution in [0.4, 0.5) is 0 Å². The van der Waals surface area contributed by atoms with E-state index in [1.165, 1.54) is 17.2 Å². The average molecular weight is 263 g/mol. The molecule has 0 radical (unpaired) electrons. The zero-order valence-corrected chi connectivity index (χ0v) is 10.6. The van der Waals surface area contributed by atoms with Gasteiger partial charge >= 0.3 is 0 Å². The molecule has 0 saturated heterocycles. The van der Waals surface area contributed by atoms with Gasteiger partial charge in [-0.05, 0) is 25.0 Å². The van der Waals surface area contributed by atoms with E-state index in [0.717, 1.165) is 25.7 Å². The monoisotopic (exact) mass is 263 g/mol. The molecule has 0 unspecified atom stereocenters. The number of nitrogens with two attached hydrogens (primary N) is 1. The van der Waals surface area contributed by atoms with Gasteiger partial charge < -0.3 is 15.7 Å². The van der Waals surface area contributed by atoms with Crippen molar-refractivity contribution in [2.24, 2.45) is 5.73 Å². The van der Waals surface area contributed by atoms with Crippen molar-refractivity contribution in [2.45, 2.75) is 31.7 Å². The topological polar surface area (TPSA) is 96.5 Å². The van der Waals surface area contributed by atoms with E-state index < -0.39 is 11.8 Å². The molecule has 1 aliphatic carbocycles. The summed E-state index contributed by atoms with van der Waals surface area (Å²) in [4.78, 5) is 28.8. The maximum Gasteiger partial charge on any atom is 0.277 e. The Labute approximate surface area is 111 Å². The Morgan fingerprint density at radius 3 is 2.68 bits per heavy atom. The van der Waals surface area contributed by atoms with E-state index in [4.69, 9.17) is 5.73 Å². The second-order valence-electron chi connectivity index (χ2n) is 4.71. The fourth-order valence-electron chi connectivity index (χ4n) is 2.45. The van der Waals surface area contributed by atoms with E-state index >= 15 is 0 Å². The molecule has 102 valence electrons. The molecular formula is C13H17N3O3. The maximum absolute atomic E-state index is 12.4. The molecule has 1 heterocycles. The molecule has 0 aliphatic heterocycles. The lowest BCUT2D eigenvalue weighted by Crippen LogP contribution is -2.44. The number of nitrogens with zero attached hydrogens (tertiary/aromatic N) is 2. The zero-order valence-electron chi connectivity index (χ0n) is 10.6. The Balaban J connectivity index is 2.24. The van der Waals surface area contributed by atoms with Gasteiger partial charge in [-0.15, -0.1) is 0 Å². The van der Waals surface area contributed by atoms with Crippen LogP contribution in [0.25, 0.3) is 0 Å². The van der Waals surface area contributed by atoms with Gasteiger partial charge in [0.05, 0.1) is 6.54 Å². The van der Waals surface area contributed by atoms with Crippen LogP contribution in [0.15, 0.2) is 18.3 Å². The molecule has 1 aromatic rings. The molecule has 6 heteroatoms. The molecule has 1 saturated carbocycles. The van der Waals surface area contributed by atoms with Crippen molar-refractivity contribution in [1.82, 2.24) is 9.88 Å². The van der Waals surface area contributed by atoms with E-state index in [1.807, 2.05) is 0 Å². The highest BCUT2D eigenvalue weighted by atomic mass is 16.3. The number of aromatic hydroxyl groups is 1. The minimum absolute atomic E-state index is 0.00130. The zero-order chi connectivity index (χ0) is 13.8. The van der Waals surface area contributed by atoms with E-state index in [0.29, 0.717) is 0 Å². The molecule has 0 aromatic carbocycles. The molecule has 0 atom stereocenters. The molecule has 2 amide bonds. The summed E-state index contributed by atoms with van der Waals surface area (Å²) in [6, 6.07) is 2.94. The lowest BCUT2D eigenvalue weighted by Gasteiger charge is -2.27. The molecule has 1 aliphatic rings. The Hall–Kier alpha value is -2.11. The lowest BCUT2D eigenvalue weighted by molar-refractivity contribution is -0.119. The van der Waals surface area contributed by atoms with Crippen LogP contribution < -0.4 is 5.73 Å². The minimum atomic E-state index is -0.560. The summed E-state index contributed by atoms with van der Waals surface area (Å²) >= 11 is 0. The number of carbonyl (C=O) groups is 2. The lowest BCUT2D eigenvalue weighted by atomic mass is 10.2. The van der Waals surface area contributed by atoms with Gasteiger partial charge in [0.1, 0.15) is 5.75 Å². The molecule has 1 fully saturated rings. The number of rotatable bonds is 4. The average Bonchev–Trinajstić information content (AvgIpc) is 2.89. The third-order valence-corrected chi connectivity index (χ3v) is 3.34. The summed E-state index contributed by atoms with van der Waals surface area (Å²) in [5.41, 5.74) is 5.17. The van der Waals surface area contributed by atoms with Crippen molar-refractivity contribution in [3.63, 3.8) is 0 Å². The first kappa shape index (κ1) is 13.3. The van der Waals surface area contributed by atoms with E-state index in [9.17, 15) is 14.7 Å². The van der Waals surface area contributed by atoms with Gasteiger partial charge in [-0.1, -0.05) is 12.8 Å². The fourth-order valence-corrected chi connectivity index (χ4v) is 2.45. The van der Waals surface area contributed by atoms with Gasteiger partial charge in [0.15, 0.2) is 5.69 Å². The summed E-state index contributed by atoms with van der Waals surface area (Å²) in [6.45, 7) is -0.139. The first-order chi connectivity index (χ1) is 9.09. The van der Waals surface area contributed by atoms with Gasteiger partial charge in [-0.2, -0.15) is 0 Å². The molecule has 0 bridgehead atoms. The number of pyridine rings is 1. The largest absolute Gasteiger partial charge is 0.505 e. The molecule has 0 spiro atoms. The number of amides is 2. The van der Waals surface area contributed by atoms with Crippen molar-refractivity contribution in [2.75, 3.05) is 6.54 Å². The Bertz CT molecular complexity index is 484. The summed E-state index contributed by atoms with van der Waals surface area (Å²) < 4.78 is 0. The summed E-state index contributed by atoms with van der Waals surface area (Å²) in [5, 5.41) is 9.68. The van der Waals surface area contributed by atoms with Crippen LogP contribution in [0.3, 0.4) is 0 Å². The van der Waals surface area contributed by atoms with Crippen LogP contribution in [0.2, 0.25) is 0 Å². The predicted molar refractivity (Wildman–Crippen MR) is 68.4 cm³/mol.